The number of amides is 2. The minimum atomic E-state index is -1.60. The number of carbonyl (C=O) groups excluding carboxylic acids is 4. The van der Waals surface area contributed by atoms with Gasteiger partial charge in [0.1, 0.15) is 0 Å². The predicted molar refractivity (Wildman–Crippen MR) is 103 cm³/mol. The van der Waals surface area contributed by atoms with Crippen LogP contribution in [0, 0.1) is 5.41 Å². The molecular formula is C21H24N2O5. The van der Waals surface area contributed by atoms with E-state index < -0.39 is 23.7 Å². The molecule has 0 N–H and O–H groups in total. The van der Waals surface area contributed by atoms with Crippen LogP contribution < -0.4 is 4.90 Å². The van der Waals surface area contributed by atoms with Gasteiger partial charge in [0.25, 0.3) is 5.91 Å². The fourth-order valence-corrected chi connectivity index (χ4v) is 3.59. The van der Waals surface area contributed by atoms with E-state index >= 15 is 0 Å². The molecule has 0 spiro atoms. The second-order valence-corrected chi connectivity index (χ2v) is 8.02. The van der Waals surface area contributed by atoms with Gasteiger partial charge < -0.3 is 9.64 Å². The van der Waals surface area contributed by atoms with Gasteiger partial charge in [-0.25, -0.2) is 4.79 Å². The molecule has 1 fully saturated rings. The van der Waals surface area contributed by atoms with Crippen molar-refractivity contribution < 1.29 is 23.9 Å². The Bertz CT molecular complexity index is 870. The molecular weight excluding hydrogens is 360 g/mol. The third-order valence-electron chi connectivity index (χ3n) is 5.18. The summed E-state index contributed by atoms with van der Waals surface area (Å²) in [6, 6.07) is 6.68. The van der Waals surface area contributed by atoms with Gasteiger partial charge >= 0.3 is 5.97 Å². The molecule has 2 aliphatic heterocycles. The first-order valence-corrected chi connectivity index (χ1v) is 9.20. The van der Waals surface area contributed by atoms with Crippen molar-refractivity contribution in [2.24, 2.45) is 5.41 Å². The average Bonchev–Trinajstić information content (AvgIpc) is 3.00. The molecule has 0 saturated carbocycles. The van der Waals surface area contributed by atoms with E-state index in [0.717, 1.165) is 0 Å². The van der Waals surface area contributed by atoms with Crippen molar-refractivity contribution in [1.29, 1.82) is 0 Å². The lowest BCUT2D eigenvalue weighted by Gasteiger charge is -2.48. The first-order valence-electron chi connectivity index (χ1n) is 9.20. The van der Waals surface area contributed by atoms with Crippen LogP contribution in [0.3, 0.4) is 0 Å². The van der Waals surface area contributed by atoms with Gasteiger partial charge in [-0.3, -0.25) is 19.3 Å². The Hall–Kier alpha value is -2.96. The van der Waals surface area contributed by atoms with Crippen LogP contribution in [0.2, 0.25) is 0 Å². The first kappa shape index (κ1) is 19.8. The molecule has 148 valence electrons. The van der Waals surface area contributed by atoms with Crippen molar-refractivity contribution in [3.05, 3.63) is 42.5 Å². The smallest absolute Gasteiger partial charge is 0.354 e. The molecule has 28 heavy (non-hydrogen) atoms. The molecule has 0 aliphatic carbocycles. The highest BCUT2D eigenvalue weighted by molar-refractivity contribution is 6.15. The zero-order chi connectivity index (χ0) is 20.7. The molecule has 2 aliphatic rings. The lowest BCUT2D eigenvalue weighted by atomic mass is 9.91. The number of ether oxygens (including phenoxy) is 1. The largest absolute Gasteiger partial charge is 0.455 e. The minimum absolute atomic E-state index is 0.0687. The van der Waals surface area contributed by atoms with E-state index in [2.05, 4.69) is 6.58 Å². The van der Waals surface area contributed by atoms with Crippen LogP contribution in [0.5, 0.6) is 0 Å². The van der Waals surface area contributed by atoms with Crippen LogP contribution in [0.15, 0.2) is 36.9 Å². The Kier molecular flexibility index (Phi) is 4.87. The topological polar surface area (TPSA) is 84.0 Å². The van der Waals surface area contributed by atoms with Crippen LogP contribution in [0.1, 0.15) is 44.0 Å². The number of esters is 1. The van der Waals surface area contributed by atoms with Gasteiger partial charge in [0.2, 0.25) is 11.6 Å². The third-order valence-corrected chi connectivity index (χ3v) is 5.18. The van der Waals surface area contributed by atoms with Gasteiger partial charge in [0.15, 0.2) is 12.4 Å². The SMILES string of the molecule is C=CCN1C(=O)c2ccccc2N2C(=O)CC[C@]12C(=O)OCC(=O)C(C)(C)C. The molecule has 1 aromatic rings. The molecule has 7 heteroatoms. The molecule has 1 atom stereocenters. The monoisotopic (exact) mass is 384 g/mol. The predicted octanol–water partition coefficient (Wildman–Crippen LogP) is 2.31. The zero-order valence-electron chi connectivity index (χ0n) is 16.4. The first-order chi connectivity index (χ1) is 13.1. The van der Waals surface area contributed by atoms with Gasteiger partial charge in [0.05, 0.1) is 11.3 Å². The van der Waals surface area contributed by atoms with Crippen LogP contribution in [0.25, 0.3) is 0 Å². The number of rotatable bonds is 5. The standard InChI is InChI=1S/C21H24N2O5/c1-5-12-22-18(26)14-8-6-7-9-15(14)23-17(25)10-11-21(22,23)19(27)28-13-16(24)20(2,3)4/h5-9H,1,10-13H2,2-4H3/t21-/m0/s1. The van der Waals surface area contributed by atoms with E-state index in [-0.39, 0.29) is 37.0 Å². The van der Waals surface area contributed by atoms with Crippen molar-refractivity contribution in [2.45, 2.75) is 39.3 Å². The number of anilines is 1. The van der Waals surface area contributed by atoms with E-state index in [1.165, 1.54) is 15.9 Å². The maximum Gasteiger partial charge on any atom is 0.354 e. The molecule has 7 nitrogen and oxygen atoms in total. The summed E-state index contributed by atoms with van der Waals surface area (Å²) in [5.74, 6) is -1.67. The molecule has 1 saturated heterocycles. The second kappa shape index (κ2) is 6.89. The molecule has 2 heterocycles. The highest BCUT2D eigenvalue weighted by Crippen LogP contribution is 2.45. The Morgan fingerprint density at radius 3 is 2.57 bits per heavy atom. The van der Waals surface area contributed by atoms with E-state index in [1.807, 2.05) is 0 Å². The third kappa shape index (κ3) is 2.91. The lowest BCUT2D eigenvalue weighted by molar-refractivity contribution is -0.160. The Morgan fingerprint density at radius 2 is 1.93 bits per heavy atom. The van der Waals surface area contributed by atoms with Crippen LogP contribution in [-0.2, 0) is 19.1 Å². The molecule has 0 radical (unpaired) electrons. The van der Waals surface area contributed by atoms with Crippen LogP contribution in [-0.4, -0.2) is 47.3 Å². The normalized spacial score (nSPS) is 21.2. The average molecular weight is 384 g/mol. The fourth-order valence-electron chi connectivity index (χ4n) is 3.59. The van der Waals surface area contributed by atoms with Crippen molar-refractivity contribution in [3.8, 4) is 0 Å². The van der Waals surface area contributed by atoms with E-state index in [4.69, 9.17) is 4.74 Å². The zero-order valence-corrected chi connectivity index (χ0v) is 16.4. The number of hydrogen-bond donors (Lipinski definition) is 0. The van der Waals surface area contributed by atoms with Crippen LogP contribution in [0.4, 0.5) is 5.69 Å². The summed E-state index contributed by atoms with van der Waals surface area (Å²) in [7, 11) is 0. The molecule has 2 amide bonds. The van der Waals surface area contributed by atoms with E-state index in [9.17, 15) is 19.2 Å². The number of ketones is 1. The van der Waals surface area contributed by atoms with Gasteiger partial charge in [-0.1, -0.05) is 39.0 Å². The lowest BCUT2D eigenvalue weighted by Crippen LogP contribution is -2.68. The van der Waals surface area contributed by atoms with E-state index in [1.54, 1.807) is 45.0 Å². The highest BCUT2D eigenvalue weighted by atomic mass is 16.5. The molecule has 0 bridgehead atoms. The number of nitrogens with zero attached hydrogens (tertiary/aromatic N) is 2. The van der Waals surface area contributed by atoms with Gasteiger partial charge in [-0.15, -0.1) is 6.58 Å². The summed E-state index contributed by atoms with van der Waals surface area (Å²) >= 11 is 0. The van der Waals surface area contributed by atoms with E-state index in [0.29, 0.717) is 11.3 Å². The van der Waals surface area contributed by atoms with Crippen molar-refractivity contribution >= 4 is 29.3 Å². The van der Waals surface area contributed by atoms with Gasteiger partial charge in [0, 0.05) is 24.8 Å². The maximum absolute atomic E-state index is 13.2. The Labute approximate surface area is 163 Å². The summed E-state index contributed by atoms with van der Waals surface area (Å²) in [6.07, 6.45) is 1.70. The number of fused-ring (bicyclic) bond motifs is 3. The van der Waals surface area contributed by atoms with Gasteiger partial charge in [-0.2, -0.15) is 0 Å². The van der Waals surface area contributed by atoms with Gasteiger partial charge in [-0.05, 0) is 12.1 Å². The van der Waals surface area contributed by atoms with Crippen LogP contribution >= 0.6 is 0 Å². The highest BCUT2D eigenvalue weighted by Gasteiger charge is 2.61. The number of carbonyl (C=O) groups is 4. The van der Waals surface area contributed by atoms with Crippen molar-refractivity contribution in [2.75, 3.05) is 18.1 Å². The number of para-hydroxylation sites is 1. The quantitative estimate of drug-likeness (QED) is 0.575. The maximum atomic E-state index is 13.2. The van der Waals surface area contributed by atoms with Crippen molar-refractivity contribution in [1.82, 2.24) is 4.90 Å². The summed E-state index contributed by atoms with van der Waals surface area (Å²) in [4.78, 5) is 54.0. The minimum Gasteiger partial charge on any atom is -0.455 e. The Morgan fingerprint density at radius 1 is 1.25 bits per heavy atom. The molecule has 3 rings (SSSR count). The molecule has 0 unspecified atom stereocenters. The number of benzene rings is 1. The second-order valence-electron chi connectivity index (χ2n) is 8.02. The Balaban J connectivity index is 2.05. The molecule has 0 aromatic heterocycles. The summed E-state index contributed by atoms with van der Waals surface area (Å²) in [5.41, 5.74) is -1.54. The summed E-state index contributed by atoms with van der Waals surface area (Å²) < 4.78 is 5.35. The van der Waals surface area contributed by atoms with Crippen molar-refractivity contribution in [3.63, 3.8) is 0 Å². The number of hydrogen-bond acceptors (Lipinski definition) is 5. The summed E-state index contributed by atoms with van der Waals surface area (Å²) in [6.45, 7) is 8.53. The summed E-state index contributed by atoms with van der Waals surface area (Å²) in [5, 5.41) is 0. The fraction of sp³-hybridized carbons (Fsp3) is 0.429. The number of Topliss-reactive ketones (excluding diaryl/α,β-unsaturated/α-hetero) is 1. The molecule has 1 aromatic carbocycles.